The molecule has 0 aromatic carbocycles. The Kier molecular flexibility index (Phi) is 2.07. The van der Waals surface area contributed by atoms with E-state index < -0.39 is 0 Å². The van der Waals surface area contributed by atoms with Crippen molar-refractivity contribution in [1.29, 1.82) is 0 Å². The molecule has 2 rings (SSSR count). The van der Waals surface area contributed by atoms with Gasteiger partial charge in [-0.3, -0.25) is 9.48 Å². The van der Waals surface area contributed by atoms with E-state index in [9.17, 15) is 4.79 Å². The molecule has 0 saturated heterocycles. The summed E-state index contributed by atoms with van der Waals surface area (Å²) in [6.45, 7) is 5.21. The lowest BCUT2D eigenvalue weighted by atomic mass is 10.4. The number of rotatable bonds is 2. The number of nitrogens with zero attached hydrogens (tertiary/aromatic N) is 4. The molecule has 0 N–H and O–H groups in total. The predicted molar refractivity (Wildman–Crippen MR) is 53.1 cm³/mol. The molecule has 0 amide bonds. The van der Waals surface area contributed by atoms with Crippen molar-refractivity contribution >= 4 is 10.9 Å². The summed E-state index contributed by atoms with van der Waals surface area (Å²) in [7, 11) is 0. The minimum Gasteiger partial charge on any atom is -0.272 e. The Morgan fingerprint density at radius 3 is 2.79 bits per heavy atom. The van der Waals surface area contributed by atoms with E-state index in [4.69, 9.17) is 0 Å². The van der Waals surface area contributed by atoms with Crippen molar-refractivity contribution < 1.29 is 0 Å². The van der Waals surface area contributed by atoms with Crippen LogP contribution in [-0.4, -0.2) is 19.6 Å². The molecule has 14 heavy (non-hydrogen) atoms. The molecule has 0 aliphatic heterocycles. The van der Waals surface area contributed by atoms with Gasteiger partial charge in [0.2, 0.25) is 0 Å². The number of fused-ring (bicyclic) bond motifs is 1. The zero-order valence-electron chi connectivity index (χ0n) is 8.27. The predicted octanol–water partition coefficient (Wildman–Crippen LogP) is 0.633. The van der Waals surface area contributed by atoms with Gasteiger partial charge in [-0.15, -0.1) is 0 Å². The molecule has 0 atom stereocenters. The van der Waals surface area contributed by atoms with Crippen LogP contribution in [-0.2, 0) is 13.1 Å². The minimum atomic E-state index is -0.114. The first-order chi connectivity index (χ1) is 6.76. The van der Waals surface area contributed by atoms with E-state index in [0.717, 1.165) is 11.9 Å². The van der Waals surface area contributed by atoms with Crippen molar-refractivity contribution in [2.45, 2.75) is 26.9 Å². The molecule has 0 aliphatic rings. The average Bonchev–Trinajstić information content (AvgIpc) is 2.62. The number of hydrogen-bond donors (Lipinski definition) is 0. The van der Waals surface area contributed by atoms with Crippen molar-refractivity contribution in [3.8, 4) is 0 Å². The first-order valence-electron chi connectivity index (χ1n) is 4.69. The van der Waals surface area contributed by atoms with E-state index in [1.54, 1.807) is 10.9 Å². The van der Waals surface area contributed by atoms with Gasteiger partial charge >= 0.3 is 0 Å². The fraction of sp³-hybridized carbons (Fsp3) is 0.444. The van der Waals surface area contributed by atoms with Crippen LogP contribution in [0, 0.1) is 0 Å². The summed E-state index contributed by atoms with van der Waals surface area (Å²) in [5, 5.41) is 9.01. The maximum Gasteiger partial charge on any atom is 0.295 e. The Bertz CT molecular complexity index is 511. The van der Waals surface area contributed by atoms with Crippen molar-refractivity contribution in [2.75, 3.05) is 0 Å². The molecule has 74 valence electrons. The summed E-state index contributed by atoms with van der Waals surface area (Å²) in [6.07, 6.45) is 3.52. The zero-order chi connectivity index (χ0) is 10.1. The van der Waals surface area contributed by atoms with E-state index in [1.807, 2.05) is 20.0 Å². The van der Waals surface area contributed by atoms with E-state index >= 15 is 0 Å². The Labute approximate surface area is 81.0 Å². The van der Waals surface area contributed by atoms with Gasteiger partial charge in [-0.1, -0.05) is 0 Å². The smallest absolute Gasteiger partial charge is 0.272 e. The highest BCUT2D eigenvalue weighted by atomic mass is 16.1. The van der Waals surface area contributed by atoms with Gasteiger partial charge in [0.15, 0.2) is 5.52 Å². The molecule has 0 radical (unpaired) electrons. The highest BCUT2D eigenvalue weighted by Gasteiger charge is 2.06. The third kappa shape index (κ3) is 1.21. The number of aromatic nitrogens is 4. The first-order valence-corrected chi connectivity index (χ1v) is 4.69. The van der Waals surface area contributed by atoms with Crippen molar-refractivity contribution in [2.24, 2.45) is 0 Å². The Morgan fingerprint density at radius 2 is 2.14 bits per heavy atom. The molecule has 2 aromatic rings. The largest absolute Gasteiger partial charge is 0.295 e. The molecule has 0 saturated carbocycles. The lowest BCUT2D eigenvalue weighted by Gasteiger charge is -1.96. The Hall–Kier alpha value is -1.65. The molecule has 0 spiro atoms. The van der Waals surface area contributed by atoms with Gasteiger partial charge in [-0.25, -0.2) is 4.68 Å². The Balaban J connectivity index is 2.75. The van der Waals surface area contributed by atoms with E-state index in [1.165, 1.54) is 4.68 Å². The molecular weight excluding hydrogens is 180 g/mol. The molecule has 0 bridgehead atoms. The summed E-state index contributed by atoms with van der Waals surface area (Å²) in [6, 6.07) is 0. The van der Waals surface area contributed by atoms with E-state index in [0.29, 0.717) is 12.1 Å². The van der Waals surface area contributed by atoms with Crippen LogP contribution in [0.3, 0.4) is 0 Å². The van der Waals surface area contributed by atoms with Crippen LogP contribution in [0.4, 0.5) is 0 Å². The molecule has 2 aromatic heterocycles. The van der Waals surface area contributed by atoms with Crippen LogP contribution in [0.1, 0.15) is 13.8 Å². The van der Waals surface area contributed by atoms with Gasteiger partial charge in [0.1, 0.15) is 0 Å². The summed E-state index contributed by atoms with van der Waals surface area (Å²) < 4.78 is 3.16. The van der Waals surface area contributed by atoms with Crippen molar-refractivity contribution in [1.82, 2.24) is 19.6 Å². The SMILES string of the molecule is CCn1cc2cnn(CC)c(=O)c2n1. The minimum absolute atomic E-state index is 0.114. The lowest BCUT2D eigenvalue weighted by Crippen LogP contribution is -2.21. The standard InChI is InChI=1S/C9H12N4O/c1-3-12-6-7-5-10-13(4-2)9(14)8(7)11-12/h5-6H,3-4H2,1-2H3. The first kappa shape index (κ1) is 8.93. The average molecular weight is 192 g/mol. The Morgan fingerprint density at radius 1 is 1.36 bits per heavy atom. The van der Waals surface area contributed by atoms with Gasteiger partial charge in [0.25, 0.3) is 5.56 Å². The monoisotopic (exact) mass is 192 g/mol. The second-order valence-corrected chi connectivity index (χ2v) is 3.05. The lowest BCUT2D eigenvalue weighted by molar-refractivity contribution is 0.619. The third-order valence-corrected chi connectivity index (χ3v) is 2.19. The fourth-order valence-corrected chi connectivity index (χ4v) is 1.39. The molecule has 5 heteroatoms. The van der Waals surface area contributed by atoms with Gasteiger partial charge in [-0.05, 0) is 13.8 Å². The van der Waals surface area contributed by atoms with Crippen LogP contribution < -0.4 is 5.56 Å². The van der Waals surface area contributed by atoms with Gasteiger partial charge in [-0.2, -0.15) is 10.2 Å². The fourth-order valence-electron chi connectivity index (χ4n) is 1.39. The van der Waals surface area contributed by atoms with Gasteiger partial charge < -0.3 is 0 Å². The second-order valence-electron chi connectivity index (χ2n) is 3.05. The quantitative estimate of drug-likeness (QED) is 0.701. The molecular formula is C9H12N4O. The van der Waals surface area contributed by atoms with Gasteiger partial charge in [0.05, 0.1) is 6.20 Å². The van der Waals surface area contributed by atoms with E-state index in [2.05, 4.69) is 10.2 Å². The van der Waals surface area contributed by atoms with Crippen LogP contribution in [0.2, 0.25) is 0 Å². The molecule has 0 aliphatic carbocycles. The zero-order valence-corrected chi connectivity index (χ0v) is 8.27. The number of aryl methyl sites for hydroxylation is 2. The van der Waals surface area contributed by atoms with Crippen LogP contribution >= 0.6 is 0 Å². The summed E-state index contributed by atoms with van der Waals surface area (Å²) in [5.74, 6) is 0. The van der Waals surface area contributed by atoms with Gasteiger partial charge in [0, 0.05) is 24.7 Å². The topological polar surface area (TPSA) is 52.7 Å². The van der Waals surface area contributed by atoms with Crippen LogP contribution in [0.25, 0.3) is 10.9 Å². The van der Waals surface area contributed by atoms with Crippen molar-refractivity contribution in [3.63, 3.8) is 0 Å². The third-order valence-electron chi connectivity index (χ3n) is 2.19. The van der Waals surface area contributed by atoms with E-state index in [-0.39, 0.29) is 5.56 Å². The van der Waals surface area contributed by atoms with Crippen molar-refractivity contribution in [3.05, 3.63) is 22.7 Å². The maximum atomic E-state index is 11.7. The summed E-state index contributed by atoms with van der Waals surface area (Å²) in [5.41, 5.74) is 0.390. The summed E-state index contributed by atoms with van der Waals surface area (Å²) >= 11 is 0. The van der Waals surface area contributed by atoms with Crippen LogP contribution in [0.15, 0.2) is 17.2 Å². The molecule has 0 fully saturated rings. The highest BCUT2D eigenvalue weighted by molar-refractivity contribution is 5.75. The summed E-state index contributed by atoms with van der Waals surface area (Å²) in [4.78, 5) is 11.7. The second kappa shape index (κ2) is 3.25. The number of hydrogen-bond acceptors (Lipinski definition) is 3. The molecule has 0 unspecified atom stereocenters. The normalized spacial score (nSPS) is 11.0. The maximum absolute atomic E-state index is 11.7. The molecule has 2 heterocycles. The highest BCUT2D eigenvalue weighted by Crippen LogP contribution is 2.04. The molecule has 5 nitrogen and oxygen atoms in total. The van der Waals surface area contributed by atoms with Crippen LogP contribution in [0.5, 0.6) is 0 Å².